The van der Waals surface area contributed by atoms with Gasteiger partial charge in [-0.05, 0) is 24.1 Å². The number of carbonyl (C=O) groups excluding carboxylic acids is 1. The van der Waals surface area contributed by atoms with E-state index in [4.69, 9.17) is 4.74 Å². The molecule has 1 aromatic carbocycles. The first kappa shape index (κ1) is 16.2. The molecular formula is C17H23N3O2. The molecule has 0 unspecified atom stereocenters. The molecule has 5 heteroatoms. The first-order chi connectivity index (χ1) is 10.7. The number of rotatable bonds is 7. The highest BCUT2D eigenvalue weighted by atomic mass is 16.5. The van der Waals surface area contributed by atoms with Crippen molar-refractivity contribution in [1.82, 2.24) is 14.5 Å². The lowest BCUT2D eigenvalue weighted by atomic mass is 10.1. The predicted molar refractivity (Wildman–Crippen MR) is 86.7 cm³/mol. The number of ether oxygens (including phenoxy) is 1. The molecule has 0 fully saturated rings. The lowest BCUT2D eigenvalue weighted by Crippen LogP contribution is -2.34. The van der Waals surface area contributed by atoms with E-state index in [2.05, 4.69) is 11.9 Å². The molecule has 0 radical (unpaired) electrons. The highest BCUT2D eigenvalue weighted by molar-refractivity contribution is 5.94. The number of amides is 1. The van der Waals surface area contributed by atoms with Crippen molar-refractivity contribution in [3.63, 3.8) is 0 Å². The highest BCUT2D eigenvalue weighted by Gasteiger charge is 2.15. The number of hydrogen-bond acceptors (Lipinski definition) is 3. The molecule has 0 saturated heterocycles. The van der Waals surface area contributed by atoms with Crippen molar-refractivity contribution in [2.24, 2.45) is 7.05 Å². The first-order valence-corrected chi connectivity index (χ1v) is 7.52. The van der Waals surface area contributed by atoms with E-state index in [1.165, 1.54) is 0 Å². The third-order valence-corrected chi connectivity index (χ3v) is 3.59. The molecule has 5 nitrogen and oxygen atoms in total. The van der Waals surface area contributed by atoms with E-state index in [9.17, 15) is 4.79 Å². The van der Waals surface area contributed by atoms with Gasteiger partial charge in [0.25, 0.3) is 5.91 Å². The van der Waals surface area contributed by atoms with Crippen molar-refractivity contribution in [3.8, 4) is 11.3 Å². The monoisotopic (exact) mass is 301 g/mol. The summed E-state index contributed by atoms with van der Waals surface area (Å²) in [7, 11) is 3.60. The summed E-state index contributed by atoms with van der Waals surface area (Å²) < 4.78 is 7.04. The van der Waals surface area contributed by atoms with Gasteiger partial charge in [0.15, 0.2) is 0 Å². The van der Waals surface area contributed by atoms with E-state index < -0.39 is 0 Å². The quantitative estimate of drug-likeness (QED) is 0.789. The van der Waals surface area contributed by atoms with Gasteiger partial charge in [0.1, 0.15) is 0 Å². The van der Waals surface area contributed by atoms with Gasteiger partial charge in [0.05, 0.1) is 24.8 Å². The van der Waals surface area contributed by atoms with Gasteiger partial charge in [-0.25, -0.2) is 4.98 Å². The predicted octanol–water partition coefficient (Wildman–Crippen LogP) is 2.59. The maximum atomic E-state index is 12.6. The molecule has 0 aliphatic carbocycles. The van der Waals surface area contributed by atoms with E-state index >= 15 is 0 Å². The summed E-state index contributed by atoms with van der Waals surface area (Å²) in [6.07, 6.45) is 4.52. The second-order valence-electron chi connectivity index (χ2n) is 5.25. The SMILES string of the molecule is CCCN(CCOC)C(=O)c1ccc(-c2cncn2C)cc1. The molecule has 0 N–H and O–H groups in total. The average molecular weight is 301 g/mol. The van der Waals surface area contributed by atoms with E-state index in [1.807, 2.05) is 47.0 Å². The third-order valence-electron chi connectivity index (χ3n) is 3.59. The Balaban J connectivity index is 2.14. The molecule has 0 spiro atoms. The van der Waals surface area contributed by atoms with Crippen molar-refractivity contribution in [2.45, 2.75) is 13.3 Å². The van der Waals surface area contributed by atoms with Crippen LogP contribution in [-0.4, -0.2) is 47.2 Å². The van der Waals surface area contributed by atoms with Crippen LogP contribution in [0.5, 0.6) is 0 Å². The molecule has 1 amide bonds. The molecule has 2 aromatic rings. The van der Waals surface area contributed by atoms with Crippen LogP contribution in [0.4, 0.5) is 0 Å². The summed E-state index contributed by atoms with van der Waals surface area (Å²) in [5.41, 5.74) is 2.79. The molecule has 1 aromatic heterocycles. The largest absolute Gasteiger partial charge is 0.383 e. The maximum Gasteiger partial charge on any atom is 0.253 e. The van der Waals surface area contributed by atoms with E-state index in [0.29, 0.717) is 18.7 Å². The normalized spacial score (nSPS) is 10.7. The minimum absolute atomic E-state index is 0.0513. The van der Waals surface area contributed by atoms with E-state index in [1.54, 1.807) is 13.4 Å². The van der Waals surface area contributed by atoms with Gasteiger partial charge in [-0.3, -0.25) is 4.79 Å². The number of carbonyl (C=O) groups is 1. The number of benzene rings is 1. The Bertz CT molecular complexity index is 605. The minimum Gasteiger partial charge on any atom is -0.383 e. The Labute approximate surface area is 131 Å². The summed E-state index contributed by atoms with van der Waals surface area (Å²) in [6.45, 7) is 3.98. The molecule has 0 atom stereocenters. The van der Waals surface area contributed by atoms with Gasteiger partial charge in [-0.1, -0.05) is 19.1 Å². The molecule has 22 heavy (non-hydrogen) atoms. The molecule has 0 aliphatic heterocycles. The number of aromatic nitrogens is 2. The summed E-state index contributed by atoms with van der Waals surface area (Å²) in [5.74, 6) is 0.0513. The number of methoxy groups -OCH3 is 1. The lowest BCUT2D eigenvalue weighted by Gasteiger charge is -2.21. The Hall–Kier alpha value is -2.14. The van der Waals surface area contributed by atoms with Gasteiger partial charge >= 0.3 is 0 Å². The Morgan fingerprint density at radius 3 is 2.55 bits per heavy atom. The average Bonchev–Trinajstić information content (AvgIpc) is 2.97. The second kappa shape index (κ2) is 7.75. The molecule has 0 aliphatic rings. The van der Waals surface area contributed by atoms with Crippen molar-refractivity contribution in [1.29, 1.82) is 0 Å². The Kier molecular flexibility index (Phi) is 5.72. The number of hydrogen-bond donors (Lipinski definition) is 0. The third kappa shape index (κ3) is 3.74. The van der Waals surface area contributed by atoms with Gasteiger partial charge in [-0.15, -0.1) is 0 Å². The van der Waals surface area contributed by atoms with Crippen molar-refractivity contribution >= 4 is 5.91 Å². The highest BCUT2D eigenvalue weighted by Crippen LogP contribution is 2.19. The fourth-order valence-electron chi connectivity index (χ4n) is 2.39. The summed E-state index contributed by atoms with van der Waals surface area (Å²) in [4.78, 5) is 18.5. The number of nitrogens with zero attached hydrogens (tertiary/aromatic N) is 3. The van der Waals surface area contributed by atoms with Crippen LogP contribution in [0.3, 0.4) is 0 Å². The van der Waals surface area contributed by atoms with E-state index in [-0.39, 0.29) is 5.91 Å². The maximum absolute atomic E-state index is 12.6. The molecule has 2 rings (SSSR count). The Morgan fingerprint density at radius 2 is 2.00 bits per heavy atom. The van der Waals surface area contributed by atoms with Gasteiger partial charge in [0, 0.05) is 32.8 Å². The van der Waals surface area contributed by atoms with E-state index in [0.717, 1.165) is 24.2 Å². The van der Waals surface area contributed by atoms with Crippen LogP contribution in [0, 0.1) is 0 Å². The van der Waals surface area contributed by atoms with Crippen LogP contribution in [0.2, 0.25) is 0 Å². The zero-order valence-corrected chi connectivity index (χ0v) is 13.5. The summed E-state index contributed by atoms with van der Waals surface area (Å²) in [6, 6.07) is 7.68. The topological polar surface area (TPSA) is 47.4 Å². The lowest BCUT2D eigenvalue weighted by molar-refractivity contribution is 0.0695. The number of imidazole rings is 1. The van der Waals surface area contributed by atoms with Crippen LogP contribution in [0.25, 0.3) is 11.3 Å². The molecule has 1 heterocycles. The number of aryl methyl sites for hydroxylation is 1. The van der Waals surface area contributed by atoms with Crippen LogP contribution in [0.15, 0.2) is 36.8 Å². The van der Waals surface area contributed by atoms with Crippen molar-refractivity contribution in [3.05, 3.63) is 42.4 Å². The molecular weight excluding hydrogens is 278 g/mol. The van der Waals surface area contributed by atoms with Crippen LogP contribution >= 0.6 is 0 Å². The fraction of sp³-hybridized carbons (Fsp3) is 0.412. The summed E-state index contributed by atoms with van der Waals surface area (Å²) in [5, 5.41) is 0. The fourth-order valence-corrected chi connectivity index (χ4v) is 2.39. The molecule has 0 bridgehead atoms. The van der Waals surface area contributed by atoms with Gasteiger partial charge < -0.3 is 14.2 Å². The van der Waals surface area contributed by atoms with Gasteiger partial charge in [-0.2, -0.15) is 0 Å². The minimum atomic E-state index is 0.0513. The van der Waals surface area contributed by atoms with Crippen molar-refractivity contribution in [2.75, 3.05) is 26.8 Å². The zero-order valence-electron chi connectivity index (χ0n) is 13.5. The molecule has 0 saturated carbocycles. The smallest absolute Gasteiger partial charge is 0.253 e. The van der Waals surface area contributed by atoms with Crippen LogP contribution < -0.4 is 0 Å². The first-order valence-electron chi connectivity index (χ1n) is 7.52. The molecule has 118 valence electrons. The summed E-state index contributed by atoms with van der Waals surface area (Å²) >= 11 is 0. The standard InChI is InChI=1S/C17H23N3O2/c1-4-9-20(10-11-22-3)17(21)15-7-5-14(6-8-15)16-12-18-13-19(16)2/h5-8,12-13H,4,9-11H2,1-3H3. The Morgan fingerprint density at radius 1 is 1.27 bits per heavy atom. The second-order valence-corrected chi connectivity index (χ2v) is 5.25. The van der Waals surface area contributed by atoms with Crippen LogP contribution in [0.1, 0.15) is 23.7 Å². The van der Waals surface area contributed by atoms with Crippen molar-refractivity contribution < 1.29 is 9.53 Å². The van der Waals surface area contributed by atoms with Gasteiger partial charge in [0.2, 0.25) is 0 Å². The van der Waals surface area contributed by atoms with Crippen LogP contribution in [-0.2, 0) is 11.8 Å². The zero-order chi connectivity index (χ0) is 15.9.